The number of epoxide rings is 1. The first-order valence-electron chi connectivity index (χ1n) is 6.86. The summed E-state index contributed by atoms with van der Waals surface area (Å²) in [6.45, 7) is 10.3. The molecule has 0 saturated carbocycles. The zero-order valence-corrected chi connectivity index (χ0v) is 12.4. The minimum absolute atomic E-state index is 0.252. The average molecular weight is 262 g/mol. The lowest BCUT2D eigenvalue weighted by Crippen LogP contribution is -2.32. The van der Waals surface area contributed by atoms with E-state index in [1.54, 1.807) is 0 Å². The highest BCUT2D eigenvalue weighted by atomic mass is 16.7. The van der Waals surface area contributed by atoms with Gasteiger partial charge in [0.1, 0.15) is 5.60 Å². The van der Waals surface area contributed by atoms with Crippen molar-refractivity contribution >= 4 is 5.97 Å². The monoisotopic (exact) mass is 262 g/mol. The highest BCUT2D eigenvalue weighted by molar-refractivity contribution is 5.85. The molecule has 2 unspecified atom stereocenters. The molecular formula is C16H22O3. The van der Waals surface area contributed by atoms with Gasteiger partial charge in [0.05, 0.1) is 6.61 Å². The number of aryl methyl sites for hydroxylation is 2. The number of hydrogen-bond acceptors (Lipinski definition) is 3. The zero-order chi connectivity index (χ0) is 14.3. The van der Waals surface area contributed by atoms with Gasteiger partial charge in [0.15, 0.2) is 5.60 Å². The van der Waals surface area contributed by atoms with E-state index in [0.717, 1.165) is 5.56 Å². The number of carbonyl (C=O) groups is 1. The minimum atomic E-state index is -0.815. The molecule has 0 aliphatic carbocycles. The number of hydrogen-bond donors (Lipinski definition) is 0. The van der Waals surface area contributed by atoms with Crippen LogP contribution in [0.2, 0.25) is 0 Å². The molecule has 104 valence electrons. The van der Waals surface area contributed by atoms with Crippen LogP contribution in [0.25, 0.3) is 0 Å². The molecule has 1 aliphatic rings. The number of benzene rings is 1. The van der Waals surface area contributed by atoms with Crippen LogP contribution in [0.3, 0.4) is 0 Å². The van der Waals surface area contributed by atoms with Crippen LogP contribution in [0.1, 0.15) is 43.9 Å². The molecule has 0 radical (unpaired) electrons. The molecule has 1 aliphatic heterocycles. The first kappa shape index (κ1) is 14.1. The van der Waals surface area contributed by atoms with Crippen molar-refractivity contribution < 1.29 is 14.3 Å². The predicted molar refractivity (Wildman–Crippen MR) is 74.0 cm³/mol. The summed E-state index contributed by atoms with van der Waals surface area (Å²) in [5.74, 6) is -0.252. The summed E-state index contributed by atoms with van der Waals surface area (Å²) in [4.78, 5) is 12.2. The largest absolute Gasteiger partial charge is 0.464 e. The van der Waals surface area contributed by atoms with Crippen LogP contribution in [0.5, 0.6) is 0 Å². The van der Waals surface area contributed by atoms with E-state index in [0.29, 0.717) is 13.0 Å². The summed E-state index contributed by atoms with van der Waals surface area (Å²) in [5, 5.41) is 0. The lowest BCUT2D eigenvalue weighted by Gasteiger charge is -2.15. The maximum Gasteiger partial charge on any atom is 0.341 e. The van der Waals surface area contributed by atoms with Crippen molar-refractivity contribution in [3.63, 3.8) is 0 Å². The maximum atomic E-state index is 12.2. The average Bonchev–Trinajstić information content (AvgIpc) is 3.01. The Balaban J connectivity index is 2.34. The molecular weight excluding hydrogens is 240 g/mol. The molecule has 0 spiro atoms. The van der Waals surface area contributed by atoms with Gasteiger partial charge in [-0.3, -0.25) is 0 Å². The highest BCUT2D eigenvalue weighted by Crippen LogP contribution is 2.58. The summed E-state index contributed by atoms with van der Waals surface area (Å²) in [5.41, 5.74) is 2.12. The number of carbonyl (C=O) groups excluding carboxylic acids is 1. The van der Waals surface area contributed by atoms with E-state index < -0.39 is 11.2 Å². The Morgan fingerprint density at radius 1 is 1.26 bits per heavy atom. The summed E-state index contributed by atoms with van der Waals surface area (Å²) >= 11 is 0. The van der Waals surface area contributed by atoms with E-state index in [4.69, 9.17) is 9.47 Å². The van der Waals surface area contributed by atoms with Crippen molar-refractivity contribution in [1.82, 2.24) is 0 Å². The molecule has 19 heavy (non-hydrogen) atoms. The van der Waals surface area contributed by atoms with Gasteiger partial charge in [-0.05, 0) is 50.8 Å². The molecule has 1 fully saturated rings. The van der Waals surface area contributed by atoms with E-state index in [1.165, 1.54) is 11.1 Å². The molecule has 0 bridgehead atoms. The fourth-order valence-corrected chi connectivity index (χ4v) is 2.69. The lowest BCUT2D eigenvalue weighted by atomic mass is 9.85. The highest BCUT2D eigenvalue weighted by Gasteiger charge is 2.72. The molecule has 3 nitrogen and oxygen atoms in total. The summed E-state index contributed by atoms with van der Waals surface area (Å²) in [6, 6.07) is 6.22. The number of esters is 1. The molecule has 0 aromatic heterocycles. The van der Waals surface area contributed by atoms with Gasteiger partial charge in [0, 0.05) is 0 Å². The Hall–Kier alpha value is -1.35. The Kier molecular flexibility index (Phi) is 3.43. The van der Waals surface area contributed by atoms with Gasteiger partial charge in [-0.1, -0.05) is 25.1 Å². The summed E-state index contributed by atoms with van der Waals surface area (Å²) < 4.78 is 11.0. The van der Waals surface area contributed by atoms with Crippen molar-refractivity contribution in [2.24, 2.45) is 0 Å². The Bertz CT molecular complexity index is 509. The van der Waals surface area contributed by atoms with Gasteiger partial charge in [-0.15, -0.1) is 0 Å². The van der Waals surface area contributed by atoms with E-state index >= 15 is 0 Å². The smallest absolute Gasteiger partial charge is 0.341 e. The standard InChI is InChI=1S/C16H22O3/c1-6-16(14(17)18-7-2)15(5,19-16)13-9-8-11(3)12(4)10-13/h8-10H,6-7H2,1-5H3. The molecule has 2 rings (SSSR count). The fraction of sp³-hybridized carbons (Fsp3) is 0.562. The van der Waals surface area contributed by atoms with Crippen LogP contribution in [-0.4, -0.2) is 18.2 Å². The third-order valence-electron chi connectivity index (χ3n) is 4.27. The zero-order valence-electron chi connectivity index (χ0n) is 12.4. The molecule has 1 saturated heterocycles. The Morgan fingerprint density at radius 3 is 2.47 bits per heavy atom. The number of rotatable bonds is 4. The van der Waals surface area contributed by atoms with Gasteiger partial charge in [-0.2, -0.15) is 0 Å². The van der Waals surface area contributed by atoms with Crippen LogP contribution >= 0.6 is 0 Å². The van der Waals surface area contributed by atoms with Gasteiger partial charge < -0.3 is 9.47 Å². The first-order chi connectivity index (χ1) is 8.91. The van der Waals surface area contributed by atoms with Crippen LogP contribution < -0.4 is 0 Å². The van der Waals surface area contributed by atoms with Crippen LogP contribution in [0, 0.1) is 13.8 Å². The summed E-state index contributed by atoms with van der Waals surface area (Å²) in [6.07, 6.45) is 0.620. The fourth-order valence-electron chi connectivity index (χ4n) is 2.69. The second-order valence-electron chi connectivity index (χ2n) is 5.34. The van der Waals surface area contributed by atoms with Gasteiger partial charge >= 0.3 is 5.97 Å². The van der Waals surface area contributed by atoms with Crippen LogP contribution in [-0.2, 0) is 19.9 Å². The Labute approximate surface area is 114 Å². The molecule has 2 atom stereocenters. The van der Waals surface area contributed by atoms with Crippen molar-refractivity contribution in [3.05, 3.63) is 34.9 Å². The topological polar surface area (TPSA) is 38.8 Å². The van der Waals surface area contributed by atoms with Gasteiger partial charge in [-0.25, -0.2) is 4.79 Å². The van der Waals surface area contributed by atoms with Gasteiger partial charge in [0.25, 0.3) is 0 Å². The molecule has 3 heteroatoms. The van der Waals surface area contributed by atoms with E-state index in [1.807, 2.05) is 26.8 Å². The van der Waals surface area contributed by atoms with E-state index in [9.17, 15) is 4.79 Å². The molecule has 1 aromatic rings. The second-order valence-corrected chi connectivity index (χ2v) is 5.34. The summed E-state index contributed by atoms with van der Waals surface area (Å²) in [7, 11) is 0. The van der Waals surface area contributed by atoms with Crippen LogP contribution in [0.15, 0.2) is 18.2 Å². The molecule has 1 aromatic carbocycles. The normalized spacial score (nSPS) is 29.1. The number of ether oxygens (including phenoxy) is 2. The van der Waals surface area contributed by atoms with E-state index in [2.05, 4.69) is 26.0 Å². The first-order valence-corrected chi connectivity index (χ1v) is 6.86. The van der Waals surface area contributed by atoms with Crippen LogP contribution in [0.4, 0.5) is 0 Å². The molecule has 0 amide bonds. The maximum absolute atomic E-state index is 12.2. The Morgan fingerprint density at radius 2 is 1.95 bits per heavy atom. The third kappa shape index (κ3) is 1.96. The van der Waals surface area contributed by atoms with Crippen molar-refractivity contribution in [3.8, 4) is 0 Å². The molecule has 1 heterocycles. The van der Waals surface area contributed by atoms with E-state index in [-0.39, 0.29) is 5.97 Å². The quantitative estimate of drug-likeness (QED) is 0.617. The SMILES string of the molecule is CCOC(=O)C1(CC)OC1(C)c1ccc(C)c(C)c1. The second kappa shape index (κ2) is 4.64. The predicted octanol–water partition coefficient (Wildman–Crippen LogP) is 3.26. The molecule has 0 N–H and O–H groups in total. The van der Waals surface area contributed by atoms with Crippen molar-refractivity contribution in [1.29, 1.82) is 0 Å². The van der Waals surface area contributed by atoms with Crippen molar-refractivity contribution in [2.45, 2.75) is 52.2 Å². The van der Waals surface area contributed by atoms with Gasteiger partial charge in [0.2, 0.25) is 0 Å². The lowest BCUT2D eigenvalue weighted by molar-refractivity contribution is -0.149. The van der Waals surface area contributed by atoms with Crippen molar-refractivity contribution in [2.75, 3.05) is 6.61 Å². The minimum Gasteiger partial charge on any atom is -0.464 e. The third-order valence-corrected chi connectivity index (χ3v) is 4.27.